The maximum Gasteiger partial charge on any atom is 0.237 e. The average Bonchev–Trinajstić information content (AvgIpc) is 2.50. The van der Waals surface area contributed by atoms with E-state index in [-0.39, 0.29) is 24.0 Å². The standard InChI is InChI=1S/C17H26N2O2/c1-17(2,8-5-9-20)12-19-16(21)15-10-13-6-3-4-7-14(13)11-18-15/h3-4,6-7,15,18,20H,5,8-12H2,1-2H3,(H,19,21)/t15-/m0/s1. The van der Waals surface area contributed by atoms with Gasteiger partial charge in [0.05, 0.1) is 6.04 Å². The molecule has 0 radical (unpaired) electrons. The smallest absolute Gasteiger partial charge is 0.237 e. The monoisotopic (exact) mass is 290 g/mol. The summed E-state index contributed by atoms with van der Waals surface area (Å²) in [7, 11) is 0. The molecule has 2 rings (SSSR count). The Kier molecular flexibility index (Phi) is 5.37. The van der Waals surface area contributed by atoms with E-state index in [9.17, 15) is 4.79 Å². The van der Waals surface area contributed by atoms with Gasteiger partial charge in [-0.05, 0) is 35.8 Å². The Morgan fingerprint density at radius 1 is 1.38 bits per heavy atom. The van der Waals surface area contributed by atoms with Crippen molar-refractivity contribution < 1.29 is 9.90 Å². The highest BCUT2D eigenvalue weighted by atomic mass is 16.2. The van der Waals surface area contributed by atoms with Crippen molar-refractivity contribution in [3.8, 4) is 0 Å². The van der Waals surface area contributed by atoms with Crippen LogP contribution in [0.2, 0.25) is 0 Å². The molecule has 0 unspecified atom stereocenters. The number of carbonyl (C=O) groups excluding carboxylic acids is 1. The van der Waals surface area contributed by atoms with Crippen LogP contribution in [0.1, 0.15) is 37.8 Å². The maximum absolute atomic E-state index is 12.3. The van der Waals surface area contributed by atoms with Crippen molar-refractivity contribution in [2.24, 2.45) is 5.41 Å². The highest BCUT2D eigenvalue weighted by Gasteiger charge is 2.25. The molecule has 1 aliphatic heterocycles. The lowest BCUT2D eigenvalue weighted by Gasteiger charge is -2.28. The number of rotatable bonds is 6. The Morgan fingerprint density at radius 3 is 2.81 bits per heavy atom. The van der Waals surface area contributed by atoms with Crippen molar-refractivity contribution in [2.75, 3.05) is 13.2 Å². The normalized spacial score (nSPS) is 18.1. The Morgan fingerprint density at radius 2 is 2.10 bits per heavy atom. The third-order valence-electron chi connectivity index (χ3n) is 4.15. The number of amides is 1. The molecule has 0 bridgehead atoms. The summed E-state index contributed by atoms with van der Waals surface area (Å²) in [5.41, 5.74) is 2.56. The predicted octanol–water partition coefficient (Wildman–Crippen LogP) is 1.62. The van der Waals surface area contributed by atoms with Crippen LogP contribution in [0.5, 0.6) is 0 Å². The number of carbonyl (C=O) groups is 1. The molecule has 1 aromatic rings. The Hall–Kier alpha value is -1.39. The summed E-state index contributed by atoms with van der Waals surface area (Å²) in [4.78, 5) is 12.3. The van der Waals surface area contributed by atoms with Gasteiger partial charge in [0.2, 0.25) is 5.91 Å². The first-order valence-corrected chi connectivity index (χ1v) is 7.70. The SMILES string of the molecule is CC(C)(CCCO)CNC(=O)[C@@H]1Cc2ccccc2CN1. The van der Waals surface area contributed by atoms with E-state index in [0.29, 0.717) is 6.54 Å². The largest absolute Gasteiger partial charge is 0.396 e. The number of aliphatic hydroxyl groups is 1. The zero-order valence-electron chi connectivity index (χ0n) is 13.0. The third kappa shape index (κ3) is 4.55. The first kappa shape index (κ1) is 16.0. The third-order valence-corrected chi connectivity index (χ3v) is 4.15. The molecule has 4 nitrogen and oxygen atoms in total. The highest BCUT2D eigenvalue weighted by Crippen LogP contribution is 2.21. The number of hydrogen-bond donors (Lipinski definition) is 3. The van der Waals surface area contributed by atoms with Crippen LogP contribution in [0.3, 0.4) is 0 Å². The molecule has 116 valence electrons. The molecule has 0 spiro atoms. The fourth-order valence-corrected chi connectivity index (χ4v) is 2.74. The quantitative estimate of drug-likeness (QED) is 0.746. The lowest BCUT2D eigenvalue weighted by molar-refractivity contribution is -0.123. The Labute approximate surface area is 126 Å². The summed E-state index contributed by atoms with van der Waals surface area (Å²) in [6.45, 7) is 5.84. The van der Waals surface area contributed by atoms with Crippen LogP contribution >= 0.6 is 0 Å². The van der Waals surface area contributed by atoms with Gasteiger partial charge in [0.15, 0.2) is 0 Å². The first-order valence-electron chi connectivity index (χ1n) is 7.70. The van der Waals surface area contributed by atoms with Crippen LogP contribution < -0.4 is 10.6 Å². The Bertz CT molecular complexity index is 485. The molecule has 0 fully saturated rings. The first-order chi connectivity index (χ1) is 10.0. The van der Waals surface area contributed by atoms with E-state index >= 15 is 0 Å². The minimum absolute atomic E-state index is 0.0188. The van der Waals surface area contributed by atoms with E-state index in [1.165, 1.54) is 11.1 Å². The van der Waals surface area contributed by atoms with E-state index in [2.05, 4.69) is 36.6 Å². The van der Waals surface area contributed by atoms with Gasteiger partial charge in [-0.15, -0.1) is 0 Å². The van der Waals surface area contributed by atoms with Gasteiger partial charge in [0, 0.05) is 19.7 Å². The molecule has 0 saturated heterocycles. The van der Waals surface area contributed by atoms with Crippen LogP contribution in [0, 0.1) is 5.41 Å². The van der Waals surface area contributed by atoms with Crippen molar-refractivity contribution >= 4 is 5.91 Å². The van der Waals surface area contributed by atoms with Crippen LogP contribution in [0.15, 0.2) is 24.3 Å². The van der Waals surface area contributed by atoms with Crippen molar-refractivity contribution in [3.63, 3.8) is 0 Å². The Balaban J connectivity index is 1.85. The van der Waals surface area contributed by atoms with Gasteiger partial charge in [-0.2, -0.15) is 0 Å². The number of fused-ring (bicyclic) bond motifs is 1. The van der Waals surface area contributed by atoms with Crippen molar-refractivity contribution in [2.45, 2.75) is 45.7 Å². The number of hydrogen-bond acceptors (Lipinski definition) is 3. The second-order valence-electron chi connectivity index (χ2n) is 6.62. The van der Waals surface area contributed by atoms with E-state index < -0.39 is 0 Å². The summed E-state index contributed by atoms with van der Waals surface area (Å²) in [5, 5.41) is 15.3. The van der Waals surface area contributed by atoms with Crippen LogP contribution in [0.25, 0.3) is 0 Å². The lowest BCUT2D eigenvalue weighted by atomic mass is 9.87. The fourth-order valence-electron chi connectivity index (χ4n) is 2.74. The predicted molar refractivity (Wildman–Crippen MR) is 83.9 cm³/mol. The highest BCUT2D eigenvalue weighted by molar-refractivity contribution is 5.82. The average molecular weight is 290 g/mol. The zero-order chi connectivity index (χ0) is 15.3. The van der Waals surface area contributed by atoms with Gasteiger partial charge in [-0.1, -0.05) is 38.1 Å². The molecule has 1 atom stereocenters. The summed E-state index contributed by atoms with van der Waals surface area (Å²) < 4.78 is 0. The molecular weight excluding hydrogens is 264 g/mol. The molecule has 1 aliphatic rings. The van der Waals surface area contributed by atoms with Gasteiger partial charge >= 0.3 is 0 Å². The van der Waals surface area contributed by atoms with Gasteiger partial charge < -0.3 is 15.7 Å². The van der Waals surface area contributed by atoms with E-state index in [0.717, 1.165) is 25.8 Å². The minimum atomic E-state index is -0.145. The summed E-state index contributed by atoms with van der Waals surface area (Å²) in [6.07, 6.45) is 2.43. The molecule has 3 N–H and O–H groups in total. The fraction of sp³-hybridized carbons (Fsp3) is 0.588. The molecule has 21 heavy (non-hydrogen) atoms. The number of aliphatic hydroxyl groups excluding tert-OH is 1. The lowest BCUT2D eigenvalue weighted by Crippen LogP contribution is -2.49. The van der Waals surface area contributed by atoms with Crippen LogP contribution in [-0.2, 0) is 17.8 Å². The van der Waals surface area contributed by atoms with Crippen molar-refractivity contribution in [1.82, 2.24) is 10.6 Å². The summed E-state index contributed by atoms with van der Waals surface area (Å²) >= 11 is 0. The van der Waals surface area contributed by atoms with Gasteiger partial charge in [0.25, 0.3) is 0 Å². The van der Waals surface area contributed by atoms with E-state index in [1.54, 1.807) is 0 Å². The topological polar surface area (TPSA) is 61.4 Å². The molecule has 1 amide bonds. The number of benzene rings is 1. The molecule has 1 aromatic carbocycles. The minimum Gasteiger partial charge on any atom is -0.396 e. The van der Waals surface area contributed by atoms with Gasteiger partial charge in [-0.3, -0.25) is 4.79 Å². The molecule has 0 aromatic heterocycles. The summed E-state index contributed by atoms with van der Waals surface area (Å²) in [6, 6.07) is 8.12. The molecular formula is C17H26N2O2. The van der Waals surface area contributed by atoms with E-state index in [4.69, 9.17) is 5.11 Å². The molecule has 1 heterocycles. The van der Waals surface area contributed by atoms with E-state index in [1.807, 2.05) is 12.1 Å². The zero-order valence-corrected chi connectivity index (χ0v) is 13.0. The molecule has 0 saturated carbocycles. The second kappa shape index (κ2) is 7.05. The van der Waals surface area contributed by atoms with Crippen molar-refractivity contribution in [1.29, 1.82) is 0 Å². The van der Waals surface area contributed by atoms with Gasteiger partial charge in [0.1, 0.15) is 0 Å². The van der Waals surface area contributed by atoms with Gasteiger partial charge in [-0.25, -0.2) is 0 Å². The number of nitrogens with one attached hydrogen (secondary N) is 2. The van der Waals surface area contributed by atoms with Crippen LogP contribution in [0.4, 0.5) is 0 Å². The molecule has 0 aliphatic carbocycles. The molecule has 4 heteroatoms. The maximum atomic E-state index is 12.3. The van der Waals surface area contributed by atoms with Crippen LogP contribution in [-0.4, -0.2) is 30.2 Å². The second-order valence-corrected chi connectivity index (χ2v) is 6.62. The van der Waals surface area contributed by atoms with Crippen molar-refractivity contribution in [3.05, 3.63) is 35.4 Å². The summed E-state index contributed by atoms with van der Waals surface area (Å²) in [5.74, 6) is 0.0709.